The van der Waals surface area contributed by atoms with Gasteiger partial charge in [-0.15, -0.1) is 0 Å². The van der Waals surface area contributed by atoms with Gasteiger partial charge in [0.1, 0.15) is 12.4 Å². The summed E-state index contributed by atoms with van der Waals surface area (Å²) < 4.78 is 5.74. The fraction of sp³-hybridized carbons (Fsp3) is 0.286. The molecule has 2 rings (SSSR count). The molecule has 0 fully saturated rings. The first kappa shape index (κ1) is 13.1. The lowest BCUT2D eigenvalue weighted by molar-refractivity contribution is 0.0690. The van der Waals surface area contributed by atoms with Crippen molar-refractivity contribution in [1.82, 2.24) is 10.2 Å². The van der Waals surface area contributed by atoms with Gasteiger partial charge >= 0.3 is 5.97 Å². The number of carboxylic acids is 1. The number of rotatable bonds is 4. The fourth-order valence-corrected chi connectivity index (χ4v) is 2.09. The minimum atomic E-state index is -1.05. The first-order chi connectivity index (χ1) is 8.97. The Kier molecular flexibility index (Phi) is 3.55. The smallest absolute Gasteiger partial charge is 0.356 e. The van der Waals surface area contributed by atoms with Crippen LogP contribution in [0, 0.1) is 20.8 Å². The quantitative estimate of drug-likeness (QED) is 0.886. The maximum absolute atomic E-state index is 10.7. The predicted octanol–water partition coefficient (Wildman–Crippen LogP) is 2.61. The number of benzene rings is 1. The Morgan fingerprint density at radius 3 is 2.42 bits per heavy atom. The third kappa shape index (κ3) is 2.93. The molecule has 2 aromatic rings. The molecule has 2 N–H and O–H groups in total. The van der Waals surface area contributed by atoms with Crippen molar-refractivity contribution in [3.63, 3.8) is 0 Å². The maximum Gasteiger partial charge on any atom is 0.356 e. The van der Waals surface area contributed by atoms with E-state index < -0.39 is 5.97 Å². The number of H-pyrrole nitrogens is 1. The number of ether oxygens (including phenoxy) is 1. The number of carbonyl (C=O) groups is 1. The van der Waals surface area contributed by atoms with Gasteiger partial charge in [-0.25, -0.2) is 4.79 Å². The molecule has 100 valence electrons. The summed E-state index contributed by atoms with van der Waals surface area (Å²) >= 11 is 0. The second-order valence-electron chi connectivity index (χ2n) is 4.60. The van der Waals surface area contributed by atoms with Crippen LogP contribution in [0.3, 0.4) is 0 Å². The Bertz CT molecular complexity index is 594. The summed E-state index contributed by atoms with van der Waals surface area (Å²) in [5.74, 6) is -0.220. The van der Waals surface area contributed by atoms with Crippen molar-refractivity contribution in [3.05, 3.63) is 46.3 Å². The lowest BCUT2D eigenvalue weighted by atomic mass is 10.1. The summed E-state index contributed by atoms with van der Waals surface area (Å²) in [6.45, 7) is 6.29. The normalized spacial score (nSPS) is 10.5. The van der Waals surface area contributed by atoms with Gasteiger partial charge in [-0.2, -0.15) is 5.10 Å². The van der Waals surface area contributed by atoms with Crippen LogP contribution in [0.25, 0.3) is 0 Å². The third-order valence-corrected chi connectivity index (χ3v) is 2.83. The predicted molar refractivity (Wildman–Crippen MR) is 70.5 cm³/mol. The largest absolute Gasteiger partial charge is 0.487 e. The van der Waals surface area contributed by atoms with Crippen molar-refractivity contribution in [1.29, 1.82) is 0 Å². The number of nitrogens with one attached hydrogen (secondary N) is 1. The zero-order chi connectivity index (χ0) is 14.0. The third-order valence-electron chi connectivity index (χ3n) is 2.83. The van der Waals surface area contributed by atoms with E-state index in [2.05, 4.69) is 22.3 Å². The van der Waals surface area contributed by atoms with E-state index in [1.54, 1.807) is 0 Å². The molecular weight excluding hydrogens is 244 g/mol. The second kappa shape index (κ2) is 5.14. The van der Waals surface area contributed by atoms with Gasteiger partial charge in [-0.05, 0) is 38.0 Å². The molecule has 1 heterocycles. The van der Waals surface area contributed by atoms with Gasteiger partial charge in [-0.3, -0.25) is 5.10 Å². The number of hydrogen-bond donors (Lipinski definition) is 2. The Morgan fingerprint density at radius 1 is 1.26 bits per heavy atom. The molecule has 1 aromatic carbocycles. The number of carboxylic acid groups (broad SMARTS) is 1. The molecule has 5 heteroatoms. The van der Waals surface area contributed by atoms with Gasteiger partial charge in [0.25, 0.3) is 0 Å². The summed E-state index contributed by atoms with van der Waals surface area (Å²) in [6, 6.07) is 5.58. The Morgan fingerprint density at radius 2 is 1.89 bits per heavy atom. The van der Waals surface area contributed by atoms with E-state index in [0.717, 1.165) is 16.9 Å². The Labute approximate surface area is 111 Å². The lowest BCUT2D eigenvalue weighted by Gasteiger charge is -2.12. The van der Waals surface area contributed by atoms with Gasteiger partial charge in [-0.1, -0.05) is 17.7 Å². The van der Waals surface area contributed by atoms with Crippen LogP contribution in [-0.4, -0.2) is 21.3 Å². The molecule has 5 nitrogen and oxygen atoms in total. The molecule has 0 radical (unpaired) electrons. The van der Waals surface area contributed by atoms with E-state index >= 15 is 0 Å². The van der Waals surface area contributed by atoms with E-state index in [4.69, 9.17) is 9.84 Å². The van der Waals surface area contributed by atoms with Crippen LogP contribution >= 0.6 is 0 Å². The number of nitrogens with zero attached hydrogens (tertiary/aromatic N) is 1. The van der Waals surface area contributed by atoms with E-state index in [1.165, 1.54) is 11.6 Å². The molecule has 0 atom stereocenters. The molecule has 0 spiro atoms. The van der Waals surface area contributed by atoms with E-state index in [9.17, 15) is 4.79 Å². The van der Waals surface area contributed by atoms with Crippen LogP contribution < -0.4 is 4.74 Å². The lowest BCUT2D eigenvalue weighted by Crippen LogP contribution is -2.00. The summed E-state index contributed by atoms with van der Waals surface area (Å²) in [6.07, 6.45) is 0. The highest BCUT2D eigenvalue weighted by atomic mass is 16.5. The van der Waals surface area contributed by atoms with Gasteiger partial charge in [0.05, 0.1) is 5.69 Å². The van der Waals surface area contributed by atoms with Gasteiger partial charge in [0.15, 0.2) is 5.69 Å². The molecule has 19 heavy (non-hydrogen) atoms. The molecule has 0 aliphatic rings. The van der Waals surface area contributed by atoms with E-state index in [1.807, 2.05) is 20.8 Å². The number of aryl methyl sites for hydroxylation is 3. The van der Waals surface area contributed by atoms with Crippen molar-refractivity contribution in [2.24, 2.45) is 0 Å². The number of aromatic nitrogens is 2. The Hall–Kier alpha value is -2.30. The molecule has 0 unspecified atom stereocenters. The topological polar surface area (TPSA) is 75.2 Å². The van der Waals surface area contributed by atoms with Crippen molar-refractivity contribution >= 4 is 5.97 Å². The highest BCUT2D eigenvalue weighted by Gasteiger charge is 2.10. The molecule has 0 amide bonds. The summed E-state index contributed by atoms with van der Waals surface area (Å²) in [4.78, 5) is 10.7. The molecule has 0 aliphatic heterocycles. The van der Waals surface area contributed by atoms with Crippen LogP contribution in [0.2, 0.25) is 0 Å². The summed E-state index contributed by atoms with van der Waals surface area (Å²) in [5, 5.41) is 15.1. The number of aromatic carboxylic acids is 1. The molecule has 0 bridgehead atoms. The summed E-state index contributed by atoms with van der Waals surface area (Å²) in [5.41, 5.74) is 3.95. The monoisotopic (exact) mass is 260 g/mol. The van der Waals surface area contributed by atoms with Crippen molar-refractivity contribution in [3.8, 4) is 5.75 Å². The fourth-order valence-electron chi connectivity index (χ4n) is 2.09. The van der Waals surface area contributed by atoms with Crippen LogP contribution in [0.5, 0.6) is 5.75 Å². The van der Waals surface area contributed by atoms with E-state index in [0.29, 0.717) is 5.69 Å². The highest BCUT2D eigenvalue weighted by Crippen LogP contribution is 2.25. The van der Waals surface area contributed by atoms with Gasteiger partial charge < -0.3 is 9.84 Å². The average Bonchev–Trinajstić information content (AvgIpc) is 2.76. The molecule has 0 aliphatic carbocycles. The first-order valence-corrected chi connectivity index (χ1v) is 5.95. The molecule has 0 saturated carbocycles. The highest BCUT2D eigenvalue weighted by molar-refractivity contribution is 5.85. The standard InChI is InChI=1S/C14H16N2O3/c1-8-4-9(2)13(10(3)5-8)19-7-11-6-12(14(17)18)16-15-11/h4-6H,7H2,1-3H3,(H,15,16)(H,17,18). The average molecular weight is 260 g/mol. The minimum absolute atomic E-state index is 0.00375. The van der Waals surface area contributed by atoms with Crippen LogP contribution in [0.1, 0.15) is 32.9 Å². The van der Waals surface area contributed by atoms with Crippen LogP contribution in [0.15, 0.2) is 18.2 Å². The van der Waals surface area contributed by atoms with Crippen molar-refractivity contribution < 1.29 is 14.6 Å². The van der Waals surface area contributed by atoms with Crippen molar-refractivity contribution in [2.45, 2.75) is 27.4 Å². The SMILES string of the molecule is Cc1cc(C)c(OCc2cc(C(=O)O)n[nH]2)c(C)c1. The first-order valence-electron chi connectivity index (χ1n) is 5.95. The van der Waals surface area contributed by atoms with Gasteiger partial charge in [0, 0.05) is 0 Å². The molecule has 0 saturated heterocycles. The number of aromatic amines is 1. The number of hydrogen-bond acceptors (Lipinski definition) is 3. The Balaban J connectivity index is 2.12. The van der Waals surface area contributed by atoms with Crippen LogP contribution in [-0.2, 0) is 6.61 Å². The molecule has 1 aromatic heterocycles. The van der Waals surface area contributed by atoms with Crippen LogP contribution in [0.4, 0.5) is 0 Å². The molecular formula is C14H16N2O3. The van der Waals surface area contributed by atoms with Gasteiger partial charge in [0.2, 0.25) is 0 Å². The summed E-state index contributed by atoms with van der Waals surface area (Å²) in [7, 11) is 0. The minimum Gasteiger partial charge on any atom is -0.487 e. The van der Waals surface area contributed by atoms with E-state index in [-0.39, 0.29) is 12.3 Å². The zero-order valence-corrected chi connectivity index (χ0v) is 11.2. The maximum atomic E-state index is 10.7. The van der Waals surface area contributed by atoms with Crippen molar-refractivity contribution in [2.75, 3.05) is 0 Å². The second-order valence-corrected chi connectivity index (χ2v) is 4.60. The zero-order valence-electron chi connectivity index (χ0n) is 11.2.